The smallest absolute Gasteiger partial charge is 0.123 e. The molecule has 1 unspecified atom stereocenters. The third kappa shape index (κ3) is 4.01. The van der Waals surface area contributed by atoms with Crippen LogP contribution in [-0.2, 0) is 17.7 Å². The molecule has 1 aliphatic heterocycles. The molecule has 0 spiro atoms. The van der Waals surface area contributed by atoms with Crippen LogP contribution in [0.15, 0.2) is 0 Å². The minimum atomic E-state index is 0.166. The van der Waals surface area contributed by atoms with Crippen LogP contribution in [0, 0.1) is 0 Å². The van der Waals surface area contributed by atoms with Crippen LogP contribution >= 0.6 is 11.3 Å². The number of hydrogen-bond donors (Lipinski definition) is 1. The molecule has 20 heavy (non-hydrogen) atoms. The lowest BCUT2D eigenvalue weighted by Gasteiger charge is -2.30. The molecule has 0 aliphatic carbocycles. The molecule has 0 amide bonds. The van der Waals surface area contributed by atoms with Crippen molar-refractivity contribution in [1.29, 1.82) is 0 Å². The Bertz CT molecular complexity index is 408. The van der Waals surface area contributed by atoms with Crippen LogP contribution in [0.25, 0.3) is 0 Å². The number of morpholine rings is 1. The van der Waals surface area contributed by atoms with Gasteiger partial charge < -0.3 is 10.1 Å². The van der Waals surface area contributed by atoms with Crippen molar-refractivity contribution in [2.45, 2.75) is 46.3 Å². The van der Waals surface area contributed by atoms with Crippen LogP contribution < -0.4 is 5.32 Å². The summed E-state index contributed by atoms with van der Waals surface area (Å²) in [6, 6.07) is 0. The second-order valence-corrected chi connectivity index (χ2v) is 6.32. The summed E-state index contributed by atoms with van der Waals surface area (Å²) < 4.78 is 5.92. The van der Waals surface area contributed by atoms with Crippen molar-refractivity contribution in [2.24, 2.45) is 0 Å². The average molecular weight is 297 g/mol. The first-order chi connectivity index (χ1) is 9.78. The second-order valence-electron chi connectivity index (χ2n) is 5.20. The van der Waals surface area contributed by atoms with Crippen molar-refractivity contribution in [3.05, 3.63) is 15.6 Å². The first kappa shape index (κ1) is 15.9. The maximum atomic E-state index is 5.92. The van der Waals surface area contributed by atoms with Gasteiger partial charge in [0.25, 0.3) is 0 Å². The number of rotatable bonds is 7. The Morgan fingerprint density at radius 2 is 2.25 bits per heavy atom. The molecular formula is C15H27N3OS. The maximum absolute atomic E-state index is 5.92. The fraction of sp³-hybridized carbons (Fsp3) is 0.800. The molecule has 0 radical (unpaired) electrons. The van der Waals surface area contributed by atoms with E-state index in [1.54, 1.807) is 0 Å². The molecule has 1 atom stereocenters. The highest BCUT2D eigenvalue weighted by Crippen LogP contribution is 2.29. The fourth-order valence-corrected chi connectivity index (χ4v) is 3.64. The summed E-state index contributed by atoms with van der Waals surface area (Å²) in [5, 5.41) is 4.64. The molecule has 1 N–H and O–H groups in total. The van der Waals surface area contributed by atoms with Gasteiger partial charge in [0, 0.05) is 24.5 Å². The first-order valence-electron chi connectivity index (χ1n) is 7.81. The van der Waals surface area contributed by atoms with Gasteiger partial charge in [0.05, 0.1) is 12.3 Å². The Morgan fingerprint density at radius 3 is 2.95 bits per heavy atom. The topological polar surface area (TPSA) is 37.4 Å². The van der Waals surface area contributed by atoms with Gasteiger partial charge in [0.15, 0.2) is 0 Å². The average Bonchev–Trinajstić information content (AvgIpc) is 2.91. The minimum absolute atomic E-state index is 0.166. The number of aromatic nitrogens is 1. The van der Waals surface area contributed by atoms with E-state index in [1.807, 2.05) is 11.3 Å². The Morgan fingerprint density at radius 1 is 1.40 bits per heavy atom. The third-order valence-corrected chi connectivity index (χ3v) is 4.90. The summed E-state index contributed by atoms with van der Waals surface area (Å²) >= 11 is 1.83. The summed E-state index contributed by atoms with van der Waals surface area (Å²) in [5.74, 6) is 0. The molecule has 5 heteroatoms. The van der Waals surface area contributed by atoms with Crippen molar-refractivity contribution in [3.63, 3.8) is 0 Å². The molecule has 114 valence electrons. The molecule has 1 aromatic rings. The van der Waals surface area contributed by atoms with E-state index in [0.717, 1.165) is 50.8 Å². The third-order valence-electron chi connectivity index (χ3n) is 3.72. The van der Waals surface area contributed by atoms with Gasteiger partial charge in [-0.05, 0) is 25.9 Å². The number of likely N-dealkylation sites (N-methyl/N-ethyl adjacent to an activating group) is 1. The number of aryl methyl sites for hydroxylation is 1. The Labute approximate surface area is 126 Å². The van der Waals surface area contributed by atoms with E-state index in [-0.39, 0.29) is 6.10 Å². The van der Waals surface area contributed by atoms with Crippen molar-refractivity contribution in [2.75, 3.05) is 32.8 Å². The number of thiazole rings is 1. The Hall–Kier alpha value is -0.490. The normalized spacial score (nSPS) is 20.4. The lowest BCUT2D eigenvalue weighted by atomic mass is 10.2. The molecule has 1 aromatic heterocycles. The summed E-state index contributed by atoms with van der Waals surface area (Å²) in [6.45, 7) is 12.5. The lowest BCUT2D eigenvalue weighted by Crippen LogP contribution is -2.38. The zero-order valence-corrected chi connectivity index (χ0v) is 13.8. The highest BCUT2D eigenvalue weighted by atomic mass is 32.1. The number of nitrogens with zero attached hydrogens (tertiary/aromatic N) is 2. The molecule has 1 aliphatic rings. The van der Waals surface area contributed by atoms with Gasteiger partial charge in [-0.15, -0.1) is 11.3 Å². The molecule has 0 aromatic carbocycles. The van der Waals surface area contributed by atoms with Gasteiger partial charge >= 0.3 is 0 Å². The van der Waals surface area contributed by atoms with Crippen LogP contribution in [0.3, 0.4) is 0 Å². The molecule has 1 fully saturated rings. The SMILES string of the molecule is CCCNCc1sc(C2CN(CC)CCO2)nc1CC. The van der Waals surface area contributed by atoms with E-state index < -0.39 is 0 Å². The number of ether oxygens (including phenoxy) is 1. The van der Waals surface area contributed by atoms with Gasteiger partial charge in [-0.25, -0.2) is 4.98 Å². The predicted molar refractivity (Wildman–Crippen MR) is 84.3 cm³/mol. The van der Waals surface area contributed by atoms with Crippen molar-refractivity contribution >= 4 is 11.3 Å². The molecule has 4 nitrogen and oxygen atoms in total. The summed E-state index contributed by atoms with van der Waals surface area (Å²) in [7, 11) is 0. The van der Waals surface area contributed by atoms with E-state index in [9.17, 15) is 0 Å². The zero-order chi connectivity index (χ0) is 14.4. The number of hydrogen-bond acceptors (Lipinski definition) is 5. The van der Waals surface area contributed by atoms with Gasteiger partial charge in [-0.3, -0.25) is 4.90 Å². The Kier molecular flexibility index (Phi) is 6.42. The highest BCUT2D eigenvalue weighted by Gasteiger charge is 2.24. The van der Waals surface area contributed by atoms with Crippen LogP contribution in [0.4, 0.5) is 0 Å². The summed E-state index contributed by atoms with van der Waals surface area (Å²) in [6.07, 6.45) is 2.34. The predicted octanol–water partition coefficient (Wildman–Crippen LogP) is 2.60. The monoisotopic (exact) mass is 297 g/mol. The van der Waals surface area contributed by atoms with E-state index in [2.05, 4.69) is 31.0 Å². The lowest BCUT2D eigenvalue weighted by molar-refractivity contribution is -0.0283. The second kappa shape index (κ2) is 8.08. The van der Waals surface area contributed by atoms with Crippen molar-refractivity contribution in [1.82, 2.24) is 15.2 Å². The maximum Gasteiger partial charge on any atom is 0.123 e. The minimum Gasteiger partial charge on any atom is -0.368 e. The Balaban J connectivity index is 2.04. The zero-order valence-electron chi connectivity index (χ0n) is 12.9. The summed E-state index contributed by atoms with van der Waals surface area (Å²) in [4.78, 5) is 8.65. The molecule has 2 rings (SSSR count). The molecular weight excluding hydrogens is 270 g/mol. The summed E-state index contributed by atoms with van der Waals surface area (Å²) in [5.41, 5.74) is 1.24. The van der Waals surface area contributed by atoms with Gasteiger partial charge in [0.2, 0.25) is 0 Å². The quantitative estimate of drug-likeness (QED) is 0.785. The fourth-order valence-electron chi connectivity index (χ4n) is 2.47. The van der Waals surface area contributed by atoms with Crippen LogP contribution in [0.5, 0.6) is 0 Å². The van der Waals surface area contributed by atoms with Gasteiger partial charge in [-0.1, -0.05) is 20.8 Å². The van der Waals surface area contributed by atoms with Gasteiger partial charge in [0.1, 0.15) is 11.1 Å². The van der Waals surface area contributed by atoms with E-state index in [1.165, 1.54) is 17.0 Å². The van der Waals surface area contributed by atoms with Crippen LogP contribution in [0.2, 0.25) is 0 Å². The molecule has 0 bridgehead atoms. The van der Waals surface area contributed by atoms with E-state index >= 15 is 0 Å². The molecule has 0 saturated carbocycles. The van der Waals surface area contributed by atoms with Gasteiger partial charge in [-0.2, -0.15) is 0 Å². The first-order valence-corrected chi connectivity index (χ1v) is 8.63. The van der Waals surface area contributed by atoms with E-state index in [4.69, 9.17) is 9.72 Å². The molecule has 2 heterocycles. The number of nitrogens with one attached hydrogen (secondary N) is 1. The standard InChI is InChI=1S/C15H27N3OS/c1-4-7-16-10-14-12(5-2)17-15(20-14)13-11-18(6-3)8-9-19-13/h13,16H,4-11H2,1-3H3. The molecule has 1 saturated heterocycles. The van der Waals surface area contributed by atoms with Crippen molar-refractivity contribution in [3.8, 4) is 0 Å². The highest BCUT2D eigenvalue weighted by molar-refractivity contribution is 7.11. The van der Waals surface area contributed by atoms with E-state index in [0.29, 0.717) is 0 Å². The largest absolute Gasteiger partial charge is 0.368 e. The van der Waals surface area contributed by atoms with Crippen LogP contribution in [-0.4, -0.2) is 42.7 Å². The van der Waals surface area contributed by atoms with Crippen LogP contribution in [0.1, 0.15) is 48.9 Å². The van der Waals surface area contributed by atoms with Crippen molar-refractivity contribution < 1.29 is 4.74 Å².